The third kappa shape index (κ3) is 3.60. The lowest BCUT2D eigenvalue weighted by atomic mass is 10.1. The SMILES string of the molecule is CCn1c(SCCCC(=O)c2ccccc2)n[nH]c1=O. The van der Waals surface area contributed by atoms with Gasteiger partial charge >= 0.3 is 5.69 Å². The van der Waals surface area contributed by atoms with Crippen molar-refractivity contribution in [2.75, 3.05) is 5.75 Å². The van der Waals surface area contributed by atoms with E-state index in [0.29, 0.717) is 18.1 Å². The quantitative estimate of drug-likeness (QED) is 0.483. The van der Waals surface area contributed by atoms with Gasteiger partial charge in [0.25, 0.3) is 0 Å². The predicted molar refractivity (Wildman–Crippen MR) is 79.3 cm³/mol. The van der Waals surface area contributed by atoms with Gasteiger partial charge < -0.3 is 0 Å². The van der Waals surface area contributed by atoms with E-state index in [0.717, 1.165) is 17.7 Å². The Bertz CT molecular complexity index is 619. The van der Waals surface area contributed by atoms with E-state index in [2.05, 4.69) is 10.2 Å². The van der Waals surface area contributed by atoms with Crippen molar-refractivity contribution >= 4 is 17.5 Å². The Labute approximate surface area is 121 Å². The number of nitrogens with one attached hydrogen (secondary N) is 1. The zero-order valence-electron chi connectivity index (χ0n) is 11.3. The highest BCUT2D eigenvalue weighted by Crippen LogP contribution is 2.16. The molecule has 1 heterocycles. The van der Waals surface area contributed by atoms with E-state index in [9.17, 15) is 9.59 Å². The minimum atomic E-state index is -0.185. The lowest BCUT2D eigenvalue weighted by Crippen LogP contribution is -2.16. The number of aromatic amines is 1. The minimum absolute atomic E-state index is 0.154. The molecule has 0 unspecified atom stereocenters. The summed E-state index contributed by atoms with van der Waals surface area (Å²) in [5.41, 5.74) is 0.568. The van der Waals surface area contributed by atoms with E-state index in [1.807, 2.05) is 37.3 Å². The number of hydrogen-bond acceptors (Lipinski definition) is 4. The molecule has 0 aliphatic heterocycles. The Morgan fingerprint density at radius 1 is 1.35 bits per heavy atom. The van der Waals surface area contributed by atoms with Crippen LogP contribution in [-0.4, -0.2) is 26.3 Å². The summed E-state index contributed by atoms with van der Waals surface area (Å²) < 4.78 is 1.59. The first-order valence-electron chi connectivity index (χ1n) is 6.58. The molecule has 0 amide bonds. The molecular formula is C14H17N3O2S. The van der Waals surface area contributed by atoms with Gasteiger partial charge in [0.2, 0.25) is 0 Å². The molecule has 1 aromatic carbocycles. The summed E-state index contributed by atoms with van der Waals surface area (Å²) in [6, 6.07) is 9.29. The summed E-state index contributed by atoms with van der Waals surface area (Å²) in [5, 5.41) is 7.08. The molecule has 0 saturated carbocycles. The van der Waals surface area contributed by atoms with Gasteiger partial charge in [-0.05, 0) is 13.3 Å². The molecule has 0 bridgehead atoms. The maximum absolute atomic E-state index is 11.9. The first kappa shape index (κ1) is 14.6. The molecule has 0 aliphatic carbocycles. The number of H-pyrrole nitrogens is 1. The van der Waals surface area contributed by atoms with Crippen LogP contribution >= 0.6 is 11.8 Å². The summed E-state index contributed by atoms with van der Waals surface area (Å²) in [6.45, 7) is 2.50. The maximum atomic E-state index is 11.9. The second-order valence-electron chi connectivity index (χ2n) is 4.30. The fourth-order valence-corrected chi connectivity index (χ4v) is 2.81. The van der Waals surface area contributed by atoms with Crippen LogP contribution in [0.25, 0.3) is 0 Å². The van der Waals surface area contributed by atoms with E-state index in [-0.39, 0.29) is 11.5 Å². The molecule has 5 nitrogen and oxygen atoms in total. The highest BCUT2D eigenvalue weighted by atomic mass is 32.2. The molecule has 0 saturated heterocycles. The fourth-order valence-electron chi connectivity index (χ4n) is 1.86. The van der Waals surface area contributed by atoms with E-state index in [1.165, 1.54) is 11.8 Å². The molecule has 106 valence electrons. The van der Waals surface area contributed by atoms with Crippen molar-refractivity contribution in [3.63, 3.8) is 0 Å². The average molecular weight is 291 g/mol. The third-order valence-electron chi connectivity index (χ3n) is 2.91. The van der Waals surface area contributed by atoms with Crippen LogP contribution in [0, 0.1) is 0 Å². The highest BCUT2D eigenvalue weighted by molar-refractivity contribution is 7.99. The summed E-state index contributed by atoms with van der Waals surface area (Å²) in [7, 11) is 0. The number of rotatable bonds is 7. The standard InChI is InChI=1S/C14H17N3O2S/c1-2-17-13(19)15-16-14(17)20-10-6-9-12(18)11-7-4-3-5-8-11/h3-5,7-8H,2,6,9-10H2,1H3,(H,15,19). The van der Waals surface area contributed by atoms with Crippen molar-refractivity contribution in [2.45, 2.75) is 31.5 Å². The predicted octanol–water partition coefficient (Wildman–Crippen LogP) is 2.35. The van der Waals surface area contributed by atoms with Crippen molar-refractivity contribution in [3.8, 4) is 0 Å². The van der Waals surface area contributed by atoms with Gasteiger partial charge in [-0.3, -0.25) is 9.36 Å². The van der Waals surface area contributed by atoms with Crippen molar-refractivity contribution in [2.24, 2.45) is 0 Å². The van der Waals surface area contributed by atoms with Gasteiger partial charge in [-0.1, -0.05) is 42.1 Å². The molecule has 1 aromatic heterocycles. The molecule has 0 aliphatic rings. The number of hydrogen-bond donors (Lipinski definition) is 1. The van der Waals surface area contributed by atoms with E-state index in [4.69, 9.17) is 0 Å². The molecule has 20 heavy (non-hydrogen) atoms. The van der Waals surface area contributed by atoms with Gasteiger partial charge in [-0.2, -0.15) is 0 Å². The second kappa shape index (κ2) is 7.09. The highest BCUT2D eigenvalue weighted by Gasteiger charge is 2.08. The van der Waals surface area contributed by atoms with Crippen molar-refractivity contribution < 1.29 is 4.79 Å². The molecule has 6 heteroatoms. The van der Waals surface area contributed by atoms with Crippen LogP contribution in [0.15, 0.2) is 40.3 Å². The normalized spacial score (nSPS) is 10.7. The van der Waals surface area contributed by atoms with Crippen LogP contribution in [0.1, 0.15) is 30.1 Å². The van der Waals surface area contributed by atoms with Gasteiger partial charge in [0.1, 0.15) is 0 Å². The summed E-state index contributed by atoms with van der Waals surface area (Å²) in [5.74, 6) is 0.921. The number of thioether (sulfide) groups is 1. The number of carbonyl (C=O) groups is 1. The van der Waals surface area contributed by atoms with Gasteiger partial charge in [0.05, 0.1) is 0 Å². The fraction of sp³-hybridized carbons (Fsp3) is 0.357. The van der Waals surface area contributed by atoms with Crippen LogP contribution in [-0.2, 0) is 6.54 Å². The topological polar surface area (TPSA) is 67.8 Å². The summed E-state index contributed by atoms with van der Waals surface area (Å²) in [6.07, 6.45) is 1.28. The van der Waals surface area contributed by atoms with Crippen LogP contribution < -0.4 is 5.69 Å². The Hall–Kier alpha value is -1.82. The Kier molecular flexibility index (Phi) is 5.17. The van der Waals surface area contributed by atoms with E-state index < -0.39 is 0 Å². The van der Waals surface area contributed by atoms with Crippen LogP contribution in [0.2, 0.25) is 0 Å². The van der Waals surface area contributed by atoms with Crippen LogP contribution in [0.4, 0.5) is 0 Å². The number of benzene rings is 1. The zero-order valence-corrected chi connectivity index (χ0v) is 12.2. The van der Waals surface area contributed by atoms with Crippen molar-refractivity contribution in [3.05, 3.63) is 46.4 Å². The molecule has 0 fully saturated rings. The molecule has 2 rings (SSSR count). The molecule has 2 aromatic rings. The molecular weight excluding hydrogens is 274 g/mol. The molecule has 1 N–H and O–H groups in total. The van der Waals surface area contributed by atoms with Crippen molar-refractivity contribution in [1.29, 1.82) is 0 Å². The Balaban J connectivity index is 1.79. The largest absolute Gasteiger partial charge is 0.343 e. The van der Waals surface area contributed by atoms with E-state index >= 15 is 0 Å². The maximum Gasteiger partial charge on any atom is 0.343 e. The van der Waals surface area contributed by atoms with Gasteiger partial charge in [0, 0.05) is 24.3 Å². The third-order valence-corrected chi connectivity index (χ3v) is 3.98. The summed E-state index contributed by atoms with van der Waals surface area (Å²) in [4.78, 5) is 23.3. The first-order valence-corrected chi connectivity index (χ1v) is 7.57. The second-order valence-corrected chi connectivity index (χ2v) is 5.36. The Morgan fingerprint density at radius 2 is 2.10 bits per heavy atom. The monoisotopic (exact) mass is 291 g/mol. The lowest BCUT2D eigenvalue weighted by Gasteiger charge is -2.02. The van der Waals surface area contributed by atoms with Gasteiger partial charge in [0.15, 0.2) is 10.9 Å². The minimum Gasteiger partial charge on any atom is -0.294 e. The smallest absolute Gasteiger partial charge is 0.294 e. The molecule has 0 radical (unpaired) electrons. The number of Topliss-reactive ketones (excluding diaryl/α,β-unsaturated/α-hetero) is 1. The lowest BCUT2D eigenvalue weighted by molar-refractivity contribution is 0.0982. The summed E-state index contributed by atoms with van der Waals surface area (Å²) >= 11 is 1.50. The Morgan fingerprint density at radius 3 is 2.80 bits per heavy atom. The average Bonchev–Trinajstić information content (AvgIpc) is 2.84. The van der Waals surface area contributed by atoms with Gasteiger partial charge in [-0.25, -0.2) is 9.89 Å². The van der Waals surface area contributed by atoms with Crippen LogP contribution in [0.3, 0.4) is 0 Å². The van der Waals surface area contributed by atoms with Gasteiger partial charge in [-0.15, -0.1) is 5.10 Å². The number of aromatic nitrogens is 3. The molecule has 0 spiro atoms. The number of carbonyl (C=O) groups excluding carboxylic acids is 1. The zero-order chi connectivity index (χ0) is 14.4. The molecule has 0 atom stereocenters. The number of nitrogens with zero attached hydrogens (tertiary/aromatic N) is 2. The number of ketones is 1. The first-order chi connectivity index (χ1) is 9.72. The van der Waals surface area contributed by atoms with Crippen LogP contribution in [0.5, 0.6) is 0 Å². The van der Waals surface area contributed by atoms with Crippen molar-refractivity contribution in [1.82, 2.24) is 14.8 Å². The van der Waals surface area contributed by atoms with E-state index in [1.54, 1.807) is 4.57 Å².